The quantitative estimate of drug-likeness (QED) is 0.657. The van der Waals surface area contributed by atoms with Crippen molar-refractivity contribution < 1.29 is 5.21 Å². The van der Waals surface area contributed by atoms with E-state index in [1.807, 2.05) is 13.8 Å². The molecule has 2 heteroatoms. The van der Waals surface area contributed by atoms with Crippen LogP contribution >= 0.6 is 0 Å². The summed E-state index contributed by atoms with van der Waals surface area (Å²) in [6.45, 7) is 19.0. The van der Waals surface area contributed by atoms with Crippen molar-refractivity contribution in [3.05, 3.63) is 0 Å². The predicted molar refractivity (Wildman–Crippen MR) is 77.5 cm³/mol. The van der Waals surface area contributed by atoms with Crippen molar-refractivity contribution in [2.45, 2.75) is 92.7 Å². The molecule has 17 heavy (non-hydrogen) atoms. The second-order valence-corrected chi connectivity index (χ2v) is 6.01. The molecule has 0 bridgehead atoms. The third-order valence-corrected chi connectivity index (χ3v) is 3.56. The lowest BCUT2D eigenvalue weighted by molar-refractivity contribution is -0.228. The van der Waals surface area contributed by atoms with Gasteiger partial charge >= 0.3 is 0 Å². The molecule has 1 unspecified atom stereocenters. The summed E-state index contributed by atoms with van der Waals surface area (Å²) in [5.41, 5.74) is -0.286. The van der Waals surface area contributed by atoms with Gasteiger partial charge in [-0.2, -0.15) is 5.06 Å². The Hall–Kier alpha value is -0.0800. The normalized spacial score (nSPS) is 14.3. The minimum atomic E-state index is -0.144. The smallest absolute Gasteiger partial charge is 0.0412 e. The van der Waals surface area contributed by atoms with Crippen LogP contribution in [-0.4, -0.2) is 21.3 Å². The Labute approximate surface area is 109 Å². The zero-order chi connectivity index (χ0) is 14.3. The number of hydroxylamine groups is 2. The van der Waals surface area contributed by atoms with Crippen LogP contribution in [0.5, 0.6) is 0 Å². The zero-order valence-corrected chi connectivity index (χ0v) is 13.6. The molecule has 0 heterocycles. The highest BCUT2D eigenvalue weighted by molar-refractivity contribution is 4.87. The lowest BCUT2D eigenvalue weighted by atomic mass is 9.86. The largest absolute Gasteiger partial charge is 0.313 e. The first-order valence-electron chi connectivity index (χ1n) is 7.16. The van der Waals surface area contributed by atoms with E-state index in [0.29, 0.717) is 5.92 Å². The van der Waals surface area contributed by atoms with Gasteiger partial charge in [0.1, 0.15) is 0 Å². The van der Waals surface area contributed by atoms with Gasteiger partial charge in [-0.1, -0.05) is 41.0 Å². The summed E-state index contributed by atoms with van der Waals surface area (Å²) in [4.78, 5) is 0. The average Bonchev–Trinajstić information content (AvgIpc) is 2.29. The predicted octanol–water partition coefficient (Wildman–Crippen LogP) is 5.11. The SMILES string of the molecule is CC.CCC(C)CC(C)(C)N(O)C(C)(C)CC. The Bertz CT molecular complexity index is 187. The molecular formula is C15H35NO. The fourth-order valence-electron chi connectivity index (χ4n) is 2.05. The van der Waals surface area contributed by atoms with Gasteiger partial charge in [0, 0.05) is 11.1 Å². The summed E-state index contributed by atoms with van der Waals surface area (Å²) >= 11 is 0. The molecule has 0 aliphatic heterocycles. The van der Waals surface area contributed by atoms with Crippen molar-refractivity contribution in [2.24, 2.45) is 5.92 Å². The van der Waals surface area contributed by atoms with Gasteiger partial charge in [0.15, 0.2) is 0 Å². The van der Waals surface area contributed by atoms with E-state index in [4.69, 9.17) is 0 Å². The molecule has 0 aromatic carbocycles. The van der Waals surface area contributed by atoms with E-state index in [9.17, 15) is 5.21 Å². The monoisotopic (exact) mass is 245 g/mol. The molecule has 0 aliphatic rings. The van der Waals surface area contributed by atoms with Crippen LogP contribution < -0.4 is 0 Å². The van der Waals surface area contributed by atoms with Crippen molar-refractivity contribution >= 4 is 0 Å². The average molecular weight is 245 g/mol. The van der Waals surface area contributed by atoms with Crippen molar-refractivity contribution in [2.75, 3.05) is 0 Å². The third-order valence-electron chi connectivity index (χ3n) is 3.56. The number of hydrogen-bond donors (Lipinski definition) is 1. The van der Waals surface area contributed by atoms with E-state index in [1.54, 1.807) is 5.06 Å². The first kappa shape index (κ1) is 19.3. The van der Waals surface area contributed by atoms with Crippen LogP contribution in [-0.2, 0) is 0 Å². The van der Waals surface area contributed by atoms with Gasteiger partial charge < -0.3 is 5.21 Å². The molecular weight excluding hydrogens is 210 g/mol. The summed E-state index contributed by atoms with van der Waals surface area (Å²) in [6, 6.07) is 0. The Balaban J connectivity index is 0. The molecule has 0 saturated heterocycles. The molecule has 1 N–H and O–H groups in total. The second-order valence-electron chi connectivity index (χ2n) is 6.01. The molecule has 2 nitrogen and oxygen atoms in total. The van der Waals surface area contributed by atoms with Gasteiger partial charge in [-0.25, -0.2) is 0 Å². The summed E-state index contributed by atoms with van der Waals surface area (Å²) < 4.78 is 0. The highest BCUT2D eigenvalue weighted by Crippen LogP contribution is 2.31. The van der Waals surface area contributed by atoms with E-state index in [2.05, 4.69) is 48.5 Å². The number of hydrogen-bond acceptors (Lipinski definition) is 2. The van der Waals surface area contributed by atoms with Crippen molar-refractivity contribution in [3.8, 4) is 0 Å². The molecule has 106 valence electrons. The third kappa shape index (κ3) is 6.42. The standard InChI is InChI=1S/C13H29NO.C2H6/c1-8-11(3)10-13(6,7)14(15)12(4,5)9-2;1-2/h11,15H,8-10H2,1-7H3;1-2H3. The van der Waals surface area contributed by atoms with Gasteiger partial charge in [-0.05, 0) is 46.5 Å². The van der Waals surface area contributed by atoms with Crippen LogP contribution in [0.3, 0.4) is 0 Å². The Morgan fingerprint density at radius 3 is 1.71 bits per heavy atom. The van der Waals surface area contributed by atoms with Crippen LogP contribution in [0.4, 0.5) is 0 Å². The minimum absolute atomic E-state index is 0.142. The summed E-state index contributed by atoms with van der Waals surface area (Å²) in [7, 11) is 0. The molecule has 0 amide bonds. The lowest BCUT2D eigenvalue weighted by Crippen LogP contribution is -2.53. The van der Waals surface area contributed by atoms with E-state index in [0.717, 1.165) is 12.8 Å². The van der Waals surface area contributed by atoms with Gasteiger partial charge in [-0.15, -0.1) is 0 Å². The van der Waals surface area contributed by atoms with Crippen LogP contribution in [0.25, 0.3) is 0 Å². The summed E-state index contributed by atoms with van der Waals surface area (Å²) in [5.74, 6) is 0.655. The molecule has 0 aliphatic carbocycles. The summed E-state index contributed by atoms with van der Waals surface area (Å²) in [6.07, 6.45) is 3.15. The van der Waals surface area contributed by atoms with E-state index >= 15 is 0 Å². The molecule has 0 saturated carbocycles. The molecule has 0 rings (SSSR count). The summed E-state index contributed by atoms with van der Waals surface area (Å²) in [5, 5.41) is 11.8. The van der Waals surface area contributed by atoms with Crippen LogP contribution in [0.15, 0.2) is 0 Å². The van der Waals surface area contributed by atoms with Crippen LogP contribution in [0.1, 0.15) is 81.6 Å². The van der Waals surface area contributed by atoms with E-state index in [1.165, 1.54) is 6.42 Å². The Kier molecular flexibility index (Phi) is 9.18. The topological polar surface area (TPSA) is 23.5 Å². The molecule has 0 aromatic heterocycles. The highest BCUT2D eigenvalue weighted by atomic mass is 16.5. The molecule has 0 spiro atoms. The Morgan fingerprint density at radius 1 is 1.00 bits per heavy atom. The molecule has 0 fully saturated rings. The van der Waals surface area contributed by atoms with Crippen molar-refractivity contribution in [1.82, 2.24) is 5.06 Å². The maximum atomic E-state index is 10.3. The molecule has 1 atom stereocenters. The fourth-order valence-corrected chi connectivity index (χ4v) is 2.05. The molecule has 0 aromatic rings. The van der Waals surface area contributed by atoms with Crippen LogP contribution in [0, 0.1) is 5.92 Å². The minimum Gasteiger partial charge on any atom is -0.313 e. The number of nitrogens with zero attached hydrogens (tertiary/aromatic N) is 1. The zero-order valence-electron chi connectivity index (χ0n) is 13.6. The Morgan fingerprint density at radius 2 is 1.41 bits per heavy atom. The maximum Gasteiger partial charge on any atom is 0.0412 e. The highest BCUT2D eigenvalue weighted by Gasteiger charge is 2.36. The molecule has 0 radical (unpaired) electrons. The first-order chi connectivity index (χ1) is 7.67. The lowest BCUT2D eigenvalue weighted by Gasteiger charge is -2.44. The number of rotatable bonds is 6. The van der Waals surface area contributed by atoms with Gasteiger partial charge in [-0.3, -0.25) is 0 Å². The maximum absolute atomic E-state index is 10.3. The van der Waals surface area contributed by atoms with E-state index < -0.39 is 0 Å². The van der Waals surface area contributed by atoms with Gasteiger partial charge in [0.25, 0.3) is 0 Å². The van der Waals surface area contributed by atoms with E-state index in [-0.39, 0.29) is 11.1 Å². The van der Waals surface area contributed by atoms with Crippen molar-refractivity contribution in [3.63, 3.8) is 0 Å². The fraction of sp³-hybridized carbons (Fsp3) is 1.00. The second kappa shape index (κ2) is 8.10. The van der Waals surface area contributed by atoms with Gasteiger partial charge in [0.2, 0.25) is 0 Å². The van der Waals surface area contributed by atoms with Gasteiger partial charge in [0.05, 0.1) is 0 Å². The van der Waals surface area contributed by atoms with Crippen LogP contribution in [0.2, 0.25) is 0 Å². The first-order valence-corrected chi connectivity index (χ1v) is 7.16. The van der Waals surface area contributed by atoms with Crippen molar-refractivity contribution in [1.29, 1.82) is 0 Å².